The second-order valence-corrected chi connectivity index (χ2v) is 2.71. The third kappa shape index (κ3) is 1.56. The molecule has 72 valence electrons. The van der Waals surface area contributed by atoms with Gasteiger partial charge in [-0.15, -0.1) is 10.2 Å². The van der Waals surface area contributed by atoms with Crippen molar-refractivity contribution in [1.82, 2.24) is 15.2 Å². The van der Waals surface area contributed by atoms with Gasteiger partial charge in [-0.05, 0) is 6.07 Å². The van der Waals surface area contributed by atoms with E-state index in [1.54, 1.807) is 32.4 Å². The van der Waals surface area contributed by atoms with E-state index >= 15 is 0 Å². The molecule has 0 bridgehead atoms. The molecule has 0 amide bonds. The van der Waals surface area contributed by atoms with Crippen LogP contribution in [0.25, 0.3) is 11.5 Å². The van der Waals surface area contributed by atoms with Gasteiger partial charge in [-0.25, -0.2) is 4.98 Å². The third-order valence-corrected chi connectivity index (χ3v) is 1.72. The summed E-state index contributed by atoms with van der Waals surface area (Å²) in [4.78, 5) is 3.98. The Kier molecular flexibility index (Phi) is 2.14. The van der Waals surface area contributed by atoms with Crippen LogP contribution in [0.2, 0.25) is 0 Å². The second kappa shape index (κ2) is 3.45. The molecule has 0 fully saturated rings. The highest BCUT2D eigenvalue weighted by Crippen LogP contribution is 2.20. The van der Waals surface area contributed by atoms with E-state index in [2.05, 4.69) is 15.2 Å². The lowest BCUT2D eigenvalue weighted by molar-refractivity contribution is 0.398. The van der Waals surface area contributed by atoms with Gasteiger partial charge in [0.05, 0.1) is 7.11 Å². The molecule has 0 saturated carbocycles. The molecule has 0 aromatic carbocycles. The van der Waals surface area contributed by atoms with Crippen LogP contribution in [-0.4, -0.2) is 22.3 Å². The van der Waals surface area contributed by atoms with Gasteiger partial charge in [-0.1, -0.05) is 0 Å². The number of methoxy groups -OCH3 is 1. The van der Waals surface area contributed by atoms with E-state index in [1.165, 1.54) is 0 Å². The molecule has 0 spiro atoms. The Morgan fingerprint density at radius 3 is 2.86 bits per heavy atom. The lowest BCUT2D eigenvalue weighted by Crippen LogP contribution is -1.87. The molecule has 0 radical (unpaired) electrons. The summed E-state index contributed by atoms with van der Waals surface area (Å²) >= 11 is 0. The summed E-state index contributed by atoms with van der Waals surface area (Å²) in [6.45, 7) is 1.74. The number of hydrogen-bond acceptors (Lipinski definition) is 5. The van der Waals surface area contributed by atoms with Crippen LogP contribution >= 0.6 is 0 Å². The average molecular weight is 191 g/mol. The molecule has 0 unspecified atom stereocenters. The minimum absolute atomic E-state index is 0.475. The van der Waals surface area contributed by atoms with Crippen LogP contribution in [0.15, 0.2) is 22.7 Å². The highest BCUT2D eigenvalue weighted by molar-refractivity contribution is 5.53. The predicted molar refractivity (Wildman–Crippen MR) is 48.8 cm³/mol. The molecule has 0 aliphatic rings. The average Bonchev–Trinajstić information content (AvgIpc) is 2.65. The van der Waals surface area contributed by atoms with E-state index in [-0.39, 0.29) is 0 Å². The number of ether oxygens (including phenoxy) is 1. The van der Waals surface area contributed by atoms with E-state index < -0.39 is 0 Å². The number of aromatic nitrogens is 3. The van der Waals surface area contributed by atoms with Crippen LogP contribution in [0.1, 0.15) is 5.89 Å². The normalized spacial score (nSPS) is 10.1. The minimum Gasteiger partial charge on any atom is -0.481 e. The lowest BCUT2D eigenvalue weighted by Gasteiger charge is -1.98. The summed E-state index contributed by atoms with van der Waals surface area (Å²) in [7, 11) is 1.56. The van der Waals surface area contributed by atoms with Crippen molar-refractivity contribution in [2.75, 3.05) is 7.11 Å². The van der Waals surface area contributed by atoms with Gasteiger partial charge >= 0.3 is 0 Å². The fraction of sp³-hybridized carbons (Fsp3) is 0.222. The van der Waals surface area contributed by atoms with Crippen LogP contribution in [-0.2, 0) is 0 Å². The second-order valence-electron chi connectivity index (χ2n) is 2.71. The largest absolute Gasteiger partial charge is 0.481 e. The molecule has 5 heteroatoms. The van der Waals surface area contributed by atoms with Gasteiger partial charge in [0.15, 0.2) is 0 Å². The summed E-state index contributed by atoms with van der Waals surface area (Å²) in [5.41, 5.74) is 0.803. The summed E-state index contributed by atoms with van der Waals surface area (Å²) in [6.07, 6.45) is 1.63. The third-order valence-electron chi connectivity index (χ3n) is 1.72. The summed E-state index contributed by atoms with van der Waals surface area (Å²) in [5.74, 6) is 1.54. The molecule has 0 atom stereocenters. The molecule has 14 heavy (non-hydrogen) atoms. The monoisotopic (exact) mass is 191 g/mol. The number of pyridine rings is 1. The van der Waals surface area contributed by atoms with Crippen LogP contribution in [0.3, 0.4) is 0 Å². The van der Waals surface area contributed by atoms with E-state index in [0.717, 1.165) is 5.56 Å². The Morgan fingerprint density at radius 1 is 1.36 bits per heavy atom. The van der Waals surface area contributed by atoms with Gasteiger partial charge in [0.2, 0.25) is 17.7 Å². The molecule has 0 aliphatic carbocycles. The molecule has 5 nitrogen and oxygen atoms in total. The first-order valence-corrected chi connectivity index (χ1v) is 4.10. The zero-order valence-electron chi connectivity index (χ0n) is 7.89. The van der Waals surface area contributed by atoms with Crippen molar-refractivity contribution in [2.45, 2.75) is 6.92 Å². The molecular formula is C9H9N3O2. The number of hydrogen-bond donors (Lipinski definition) is 0. The van der Waals surface area contributed by atoms with E-state index in [0.29, 0.717) is 17.7 Å². The SMILES string of the molecule is COc1cc(-c2nnc(C)o2)ccn1. The lowest BCUT2D eigenvalue weighted by atomic mass is 10.3. The number of nitrogens with zero attached hydrogens (tertiary/aromatic N) is 3. The van der Waals surface area contributed by atoms with E-state index in [1.807, 2.05) is 0 Å². The van der Waals surface area contributed by atoms with Crippen molar-refractivity contribution in [3.8, 4) is 17.3 Å². The predicted octanol–water partition coefficient (Wildman–Crippen LogP) is 1.45. The Hall–Kier alpha value is -1.91. The molecular weight excluding hydrogens is 182 g/mol. The fourth-order valence-corrected chi connectivity index (χ4v) is 1.07. The van der Waals surface area contributed by atoms with Crippen molar-refractivity contribution < 1.29 is 9.15 Å². The molecule has 2 rings (SSSR count). The molecule has 0 aliphatic heterocycles. The summed E-state index contributed by atoms with van der Waals surface area (Å²) in [5, 5.41) is 7.63. The maximum Gasteiger partial charge on any atom is 0.247 e. The van der Waals surface area contributed by atoms with Crippen LogP contribution in [0.5, 0.6) is 5.88 Å². The Balaban J connectivity index is 2.41. The fourth-order valence-electron chi connectivity index (χ4n) is 1.07. The number of aryl methyl sites for hydroxylation is 1. The van der Waals surface area contributed by atoms with Crippen molar-refractivity contribution in [2.24, 2.45) is 0 Å². The van der Waals surface area contributed by atoms with E-state index in [9.17, 15) is 0 Å². The zero-order chi connectivity index (χ0) is 9.97. The van der Waals surface area contributed by atoms with Gasteiger partial charge in [0.1, 0.15) is 0 Å². The van der Waals surface area contributed by atoms with Crippen molar-refractivity contribution in [3.63, 3.8) is 0 Å². The number of rotatable bonds is 2. The van der Waals surface area contributed by atoms with Crippen LogP contribution < -0.4 is 4.74 Å². The van der Waals surface area contributed by atoms with Gasteiger partial charge < -0.3 is 9.15 Å². The maximum absolute atomic E-state index is 5.26. The van der Waals surface area contributed by atoms with Crippen molar-refractivity contribution in [3.05, 3.63) is 24.2 Å². The Morgan fingerprint density at radius 2 is 2.21 bits per heavy atom. The Bertz CT molecular complexity index is 439. The summed E-state index contributed by atoms with van der Waals surface area (Å²) < 4.78 is 10.2. The maximum atomic E-state index is 5.26. The molecule has 2 aromatic rings. The van der Waals surface area contributed by atoms with Crippen LogP contribution in [0.4, 0.5) is 0 Å². The smallest absolute Gasteiger partial charge is 0.247 e. The van der Waals surface area contributed by atoms with Crippen LogP contribution in [0, 0.1) is 6.92 Å². The molecule has 0 N–H and O–H groups in total. The van der Waals surface area contributed by atoms with Gasteiger partial charge in [-0.3, -0.25) is 0 Å². The molecule has 2 heterocycles. The zero-order valence-corrected chi connectivity index (χ0v) is 7.89. The molecule has 2 aromatic heterocycles. The van der Waals surface area contributed by atoms with Gasteiger partial charge in [0, 0.05) is 24.8 Å². The minimum atomic E-state index is 0.475. The Labute approximate surface area is 80.8 Å². The van der Waals surface area contributed by atoms with Crippen molar-refractivity contribution in [1.29, 1.82) is 0 Å². The first kappa shape index (κ1) is 8.68. The standard InChI is InChI=1S/C9H9N3O2/c1-6-11-12-9(14-6)7-3-4-10-8(5-7)13-2/h3-5H,1-2H3. The van der Waals surface area contributed by atoms with Gasteiger partial charge in [0.25, 0.3) is 0 Å². The van der Waals surface area contributed by atoms with E-state index in [4.69, 9.17) is 9.15 Å². The first-order chi connectivity index (χ1) is 6.79. The highest BCUT2D eigenvalue weighted by atomic mass is 16.5. The topological polar surface area (TPSA) is 61.0 Å². The first-order valence-electron chi connectivity index (χ1n) is 4.10. The quantitative estimate of drug-likeness (QED) is 0.718. The van der Waals surface area contributed by atoms with Crippen molar-refractivity contribution >= 4 is 0 Å². The summed E-state index contributed by atoms with van der Waals surface area (Å²) in [6, 6.07) is 3.53. The van der Waals surface area contributed by atoms with Gasteiger partial charge in [-0.2, -0.15) is 0 Å². The molecule has 0 saturated heterocycles. The highest BCUT2D eigenvalue weighted by Gasteiger charge is 2.06.